The van der Waals surface area contributed by atoms with Gasteiger partial charge in [0.05, 0.1) is 5.39 Å². The summed E-state index contributed by atoms with van der Waals surface area (Å²) < 4.78 is 6.54. The van der Waals surface area contributed by atoms with E-state index in [1.54, 1.807) is 6.07 Å². The van der Waals surface area contributed by atoms with Crippen LogP contribution in [0.25, 0.3) is 22.3 Å². The van der Waals surface area contributed by atoms with Gasteiger partial charge in [-0.25, -0.2) is 0 Å². The topological polar surface area (TPSA) is 30.2 Å². The third-order valence-corrected chi connectivity index (χ3v) is 4.82. The maximum Gasteiger partial charge on any atom is 0.206 e. The first-order valence-corrected chi connectivity index (χ1v) is 7.92. The van der Waals surface area contributed by atoms with Gasteiger partial charge in [0.1, 0.15) is 9.15 Å². The SMILES string of the molecule is Cc1ccc(-c2oc3cc(C)c(Cl)cc3c(=O)c2I)cc1. The predicted molar refractivity (Wildman–Crippen MR) is 95.1 cm³/mol. The van der Waals surface area contributed by atoms with Crippen molar-refractivity contribution in [3.05, 3.63) is 66.3 Å². The zero-order chi connectivity index (χ0) is 15.1. The van der Waals surface area contributed by atoms with E-state index in [0.717, 1.165) is 11.1 Å². The third-order valence-electron chi connectivity index (χ3n) is 3.43. The smallest absolute Gasteiger partial charge is 0.206 e. The van der Waals surface area contributed by atoms with E-state index in [2.05, 4.69) is 0 Å². The summed E-state index contributed by atoms with van der Waals surface area (Å²) in [6.07, 6.45) is 0. The van der Waals surface area contributed by atoms with Crippen LogP contribution in [0.4, 0.5) is 0 Å². The second kappa shape index (κ2) is 5.46. The van der Waals surface area contributed by atoms with E-state index in [0.29, 0.717) is 25.3 Å². The lowest BCUT2D eigenvalue weighted by Gasteiger charge is -2.08. The molecule has 0 N–H and O–H groups in total. The molecule has 21 heavy (non-hydrogen) atoms. The molecule has 0 saturated heterocycles. The average molecular weight is 411 g/mol. The number of hydrogen-bond donors (Lipinski definition) is 0. The summed E-state index contributed by atoms with van der Waals surface area (Å²) in [6.45, 7) is 3.92. The molecule has 0 spiro atoms. The molecule has 0 bridgehead atoms. The molecule has 0 aliphatic rings. The molecule has 106 valence electrons. The zero-order valence-corrected chi connectivity index (χ0v) is 14.4. The van der Waals surface area contributed by atoms with Crippen LogP contribution >= 0.6 is 34.2 Å². The minimum absolute atomic E-state index is 0.0469. The van der Waals surface area contributed by atoms with Crippen LogP contribution in [0, 0.1) is 17.4 Å². The van der Waals surface area contributed by atoms with Gasteiger partial charge in [0.2, 0.25) is 5.43 Å². The van der Waals surface area contributed by atoms with E-state index in [9.17, 15) is 4.79 Å². The highest BCUT2D eigenvalue weighted by Crippen LogP contribution is 2.29. The molecule has 0 fully saturated rings. The molecule has 3 aromatic rings. The summed E-state index contributed by atoms with van der Waals surface area (Å²) >= 11 is 8.14. The highest BCUT2D eigenvalue weighted by molar-refractivity contribution is 14.1. The number of benzene rings is 2. The second-order valence-corrected chi connectivity index (χ2v) is 6.52. The van der Waals surface area contributed by atoms with Gasteiger partial charge in [0.15, 0.2) is 5.76 Å². The molecule has 0 atom stereocenters. The minimum Gasteiger partial charge on any atom is -0.455 e. The van der Waals surface area contributed by atoms with E-state index in [1.165, 1.54) is 5.56 Å². The van der Waals surface area contributed by atoms with Crippen molar-refractivity contribution in [1.82, 2.24) is 0 Å². The van der Waals surface area contributed by atoms with Crippen LogP contribution in [-0.2, 0) is 0 Å². The highest BCUT2D eigenvalue weighted by Gasteiger charge is 2.15. The van der Waals surface area contributed by atoms with Gasteiger partial charge in [0, 0.05) is 10.6 Å². The second-order valence-electron chi connectivity index (χ2n) is 5.04. The maximum atomic E-state index is 12.5. The number of fused-ring (bicyclic) bond motifs is 1. The normalized spacial score (nSPS) is 11.0. The summed E-state index contributed by atoms with van der Waals surface area (Å²) in [4.78, 5) is 12.5. The average Bonchev–Trinajstić information content (AvgIpc) is 2.46. The fourth-order valence-corrected chi connectivity index (χ4v) is 3.06. The Kier molecular flexibility index (Phi) is 3.80. The predicted octanol–water partition coefficient (Wildman–Crippen LogP) is 5.33. The Bertz CT molecular complexity index is 895. The van der Waals surface area contributed by atoms with Crippen LogP contribution < -0.4 is 5.43 Å². The third kappa shape index (κ3) is 2.60. The lowest BCUT2D eigenvalue weighted by Crippen LogP contribution is -2.07. The van der Waals surface area contributed by atoms with Crippen molar-refractivity contribution >= 4 is 45.2 Å². The van der Waals surface area contributed by atoms with Crippen molar-refractivity contribution in [2.24, 2.45) is 0 Å². The van der Waals surface area contributed by atoms with Crippen LogP contribution in [0.3, 0.4) is 0 Å². The van der Waals surface area contributed by atoms with Gasteiger partial charge in [-0.3, -0.25) is 4.79 Å². The standard InChI is InChI=1S/C17H12ClIO2/c1-9-3-5-11(6-4-9)17-15(19)16(20)12-8-13(18)10(2)7-14(12)21-17/h3-8H,1-2H3. The molecular formula is C17H12ClIO2. The molecule has 0 amide bonds. The van der Waals surface area contributed by atoms with Crippen molar-refractivity contribution in [2.45, 2.75) is 13.8 Å². The molecule has 2 nitrogen and oxygen atoms in total. The Labute approximate surface area is 140 Å². The molecule has 3 rings (SSSR count). The summed E-state index contributed by atoms with van der Waals surface area (Å²) in [5.74, 6) is 0.606. The van der Waals surface area contributed by atoms with Crippen molar-refractivity contribution in [2.75, 3.05) is 0 Å². The van der Waals surface area contributed by atoms with Crippen molar-refractivity contribution in [1.29, 1.82) is 0 Å². The van der Waals surface area contributed by atoms with Gasteiger partial charge in [-0.05, 0) is 54.1 Å². The van der Waals surface area contributed by atoms with E-state index in [-0.39, 0.29) is 5.43 Å². The molecule has 4 heteroatoms. The summed E-state index contributed by atoms with van der Waals surface area (Å²) in [6, 6.07) is 11.4. The molecule has 0 aliphatic carbocycles. The van der Waals surface area contributed by atoms with Crippen LogP contribution in [0.1, 0.15) is 11.1 Å². The van der Waals surface area contributed by atoms with Gasteiger partial charge in [-0.15, -0.1) is 0 Å². The minimum atomic E-state index is -0.0469. The quantitative estimate of drug-likeness (QED) is 0.507. The number of aryl methyl sites for hydroxylation is 2. The first kappa shape index (κ1) is 14.6. The first-order chi connectivity index (χ1) is 9.97. The molecule has 2 aromatic carbocycles. The molecule has 1 aromatic heterocycles. The summed E-state index contributed by atoms with van der Waals surface area (Å²) in [5.41, 5.74) is 3.48. The molecule has 1 heterocycles. The largest absolute Gasteiger partial charge is 0.455 e. The fourth-order valence-electron chi connectivity index (χ4n) is 2.18. The Morgan fingerprint density at radius 1 is 1.10 bits per heavy atom. The van der Waals surface area contributed by atoms with E-state index in [1.807, 2.05) is 66.8 Å². The molecular weight excluding hydrogens is 399 g/mol. The van der Waals surface area contributed by atoms with Gasteiger partial charge >= 0.3 is 0 Å². The van der Waals surface area contributed by atoms with Crippen LogP contribution in [-0.4, -0.2) is 0 Å². The van der Waals surface area contributed by atoms with Gasteiger partial charge in [-0.2, -0.15) is 0 Å². The van der Waals surface area contributed by atoms with Gasteiger partial charge in [-0.1, -0.05) is 41.4 Å². The molecule has 0 saturated carbocycles. The lowest BCUT2D eigenvalue weighted by molar-refractivity contribution is 0.614. The lowest BCUT2D eigenvalue weighted by atomic mass is 10.1. The van der Waals surface area contributed by atoms with Crippen LogP contribution in [0.15, 0.2) is 45.6 Å². The highest BCUT2D eigenvalue weighted by atomic mass is 127. The molecule has 0 aliphatic heterocycles. The number of halogens is 2. The van der Waals surface area contributed by atoms with E-state index < -0.39 is 0 Å². The maximum absolute atomic E-state index is 12.5. The van der Waals surface area contributed by atoms with Gasteiger partial charge < -0.3 is 4.42 Å². The first-order valence-electron chi connectivity index (χ1n) is 6.47. The Morgan fingerprint density at radius 3 is 2.43 bits per heavy atom. The number of rotatable bonds is 1. The van der Waals surface area contributed by atoms with E-state index >= 15 is 0 Å². The monoisotopic (exact) mass is 410 g/mol. The molecule has 0 unspecified atom stereocenters. The Balaban J connectivity index is 2.34. The molecule has 0 radical (unpaired) electrons. The van der Waals surface area contributed by atoms with Crippen molar-refractivity contribution < 1.29 is 4.42 Å². The Morgan fingerprint density at radius 2 is 1.76 bits per heavy atom. The van der Waals surface area contributed by atoms with Gasteiger partial charge in [0.25, 0.3) is 0 Å². The zero-order valence-electron chi connectivity index (χ0n) is 11.5. The Hall–Kier alpha value is -1.33. The summed E-state index contributed by atoms with van der Waals surface area (Å²) in [5, 5.41) is 1.10. The van der Waals surface area contributed by atoms with Crippen molar-refractivity contribution in [3.8, 4) is 11.3 Å². The fraction of sp³-hybridized carbons (Fsp3) is 0.118. The van der Waals surface area contributed by atoms with Crippen molar-refractivity contribution in [3.63, 3.8) is 0 Å². The summed E-state index contributed by atoms with van der Waals surface area (Å²) in [7, 11) is 0. The van der Waals surface area contributed by atoms with Crippen LogP contribution in [0.2, 0.25) is 5.02 Å². The number of hydrogen-bond acceptors (Lipinski definition) is 2. The van der Waals surface area contributed by atoms with E-state index in [4.69, 9.17) is 16.0 Å². The van der Waals surface area contributed by atoms with Crippen LogP contribution in [0.5, 0.6) is 0 Å².